The number of nitrogens with zero attached hydrogens (tertiary/aromatic N) is 3. The minimum Gasteiger partial charge on any atom is -0.305 e. The molecule has 0 aliphatic carbocycles. The van der Waals surface area contributed by atoms with Crippen LogP contribution >= 0.6 is 11.8 Å². The molecule has 1 aromatic rings. The molecule has 0 saturated carbocycles. The van der Waals surface area contributed by atoms with Crippen LogP contribution in [-0.4, -0.2) is 51.6 Å². The predicted molar refractivity (Wildman–Crippen MR) is 90.6 cm³/mol. The van der Waals surface area contributed by atoms with E-state index in [1.807, 2.05) is 0 Å². The van der Waals surface area contributed by atoms with Crippen molar-refractivity contribution in [1.29, 1.82) is 0 Å². The van der Waals surface area contributed by atoms with Crippen LogP contribution in [0, 0.1) is 10.1 Å². The van der Waals surface area contributed by atoms with Gasteiger partial charge < -0.3 is 5.32 Å². The quantitative estimate of drug-likeness (QED) is 0.477. The summed E-state index contributed by atoms with van der Waals surface area (Å²) in [4.78, 5) is 51.7. The Morgan fingerprint density at radius 3 is 2.76 bits per heavy atom. The largest absolute Gasteiger partial charge is 0.305 e. The summed E-state index contributed by atoms with van der Waals surface area (Å²) in [5.74, 6) is -0.442. The molecule has 0 saturated heterocycles. The van der Waals surface area contributed by atoms with Crippen LogP contribution in [0.15, 0.2) is 23.2 Å². The van der Waals surface area contributed by atoms with Crippen molar-refractivity contribution in [3.05, 3.63) is 39.4 Å². The van der Waals surface area contributed by atoms with Crippen LogP contribution in [0.4, 0.5) is 5.69 Å². The number of non-ortho nitro benzene ring substituents is 1. The second kappa shape index (κ2) is 7.01. The van der Waals surface area contributed by atoms with Crippen molar-refractivity contribution >= 4 is 40.3 Å². The number of hydrogen-bond acceptors (Lipinski definition) is 7. The molecule has 25 heavy (non-hydrogen) atoms. The monoisotopic (exact) mass is 362 g/mol. The van der Waals surface area contributed by atoms with Crippen LogP contribution in [-0.2, 0) is 4.79 Å². The molecule has 2 aliphatic rings. The first-order valence-corrected chi connectivity index (χ1v) is 8.57. The Bertz CT molecular complexity index is 807. The minimum atomic E-state index is -0.616. The van der Waals surface area contributed by atoms with Crippen LogP contribution in [0.5, 0.6) is 0 Å². The van der Waals surface area contributed by atoms with Crippen LogP contribution in [0.2, 0.25) is 0 Å². The molecule has 0 radical (unpaired) electrons. The van der Waals surface area contributed by atoms with E-state index in [0.717, 1.165) is 16.7 Å². The van der Waals surface area contributed by atoms with E-state index in [0.29, 0.717) is 18.1 Å². The number of nitro benzene ring substituents is 1. The lowest BCUT2D eigenvalue weighted by Gasteiger charge is -2.13. The molecule has 9 nitrogen and oxygen atoms in total. The topological polar surface area (TPSA) is 122 Å². The van der Waals surface area contributed by atoms with Crippen molar-refractivity contribution in [1.82, 2.24) is 10.2 Å². The van der Waals surface area contributed by atoms with E-state index < -0.39 is 16.7 Å². The third-order valence-corrected chi connectivity index (χ3v) is 4.67. The molecule has 3 amide bonds. The maximum Gasteiger partial charge on any atom is 0.270 e. The fourth-order valence-corrected chi connectivity index (χ4v) is 3.33. The first-order valence-electron chi connectivity index (χ1n) is 7.59. The number of fused-ring (bicyclic) bond motifs is 1. The van der Waals surface area contributed by atoms with Gasteiger partial charge in [0.15, 0.2) is 5.17 Å². The zero-order valence-electron chi connectivity index (χ0n) is 13.1. The number of amidine groups is 1. The Hall–Kier alpha value is -2.75. The summed E-state index contributed by atoms with van der Waals surface area (Å²) in [6, 6.07) is 3.59. The molecule has 10 heteroatoms. The lowest BCUT2D eigenvalue weighted by molar-refractivity contribution is -0.384. The normalized spacial score (nSPS) is 16.0. The Balaban J connectivity index is 1.58. The summed E-state index contributed by atoms with van der Waals surface area (Å²) in [5.41, 5.74) is -0.0620. The van der Waals surface area contributed by atoms with Gasteiger partial charge in [-0.3, -0.25) is 34.4 Å². The van der Waals surface area contributed by atoms with E-state index in [1.54, 1.807) is 0 Å². The number of benzene rings is 1. The van der Waals surface area contributed by atoms with Gasteiger partial charge in [0, 0.05) is 30.9 Å². The molecule has 0 spiro atoms. The second-order valence-corrected chi connectivity index (χ2v) is 6.52. The third-order valence-electron chi connectivity index (χ3n) is 3.78. The van der Waals surface area contributed by atoms with Gasteiger partial charge in [0.25, 0.3) is 17.5 Å². The maximum absolute atomic E-state index is 12.3. The number of nitro groups is 1. The molecule has 2 heterocycles. The highest BCUT2D eigenvalue weighted by Gasteiger charge is 2.36. The fourth-order valence-electron chi connectivity index (χ4n) is 2.59. The zero-order valence-corrected chi connectivity index (χ0v) is 13.9. The molecular weight excluding hydrogens is 348 g/mol. The second-order valence-electron chi connectivity index (χ2n) is 5.44. The summed E-state index contributed by atoms with van der Waals surface area (Å²) in [7, 11) is 0. The molecule has 0 atom stereocenters. The van der Waals surface area contributed by atoms with Crippen molar-refractivity contribution in [2.24, 2.45) is 4.99 Å². The average Bonchev–Trinajstić information content (AvgIpc) is 3.17. The first-order chi connectivity index (χ1) is 12.0. The van der Waals surface area contributed by atoms with E-state index in [4.69, 9.17) is 0 Å². The van der Waals surface area contributed by atoms with Crippen molar-refractivity contribution in [2.75, 3.05) is 18.8 Å². The third kappa shape index (κ3) is 3.53. The Morgan fingerprint density at radius 2 is 2.08 bits per heavy atom. The van der Waals surface area contributed by atoms with E-state index in [2.05, 4.69) is 10.3 Å². The van der Waals surface area contributed by atoms with Crippen LogP contribution in [0.3, 0.4) is 0 Å². The maximum atomic E-state index is 12.3. The molecule has 1 aromatic carbocycles. The van der Waals surface area contributed by atoms with Crippen LogP contribution in [0.1, 0.15) is 33.6 Å². The highest BCUT2D eigenvalue weighted by Crippen LogP contribution is 2.27. The van der Waals surface area contributed by atoms with E-state index in [-0.39, 0.29) is 35.7 Å². The molecule has 3 rings (SSSR count). The molecule has 0 aromatic heterocycles. The fraction of sp³-hybridized carbons (Fsp3) is 0.333. The number of carbonyl (C=O) groups excluding carboxylic acids is 3. The van der Waals surface area contributed by atoms with Gasteiger partial charge in [0.05, 0.1) is 22.6 Å². The lowest BCUT2D eigenvalue weighted by atomic mass is 10.1. The van der Waals surface area contributed by atoms with Crippen LogP contribution in [0.25, 0.3) is 0 Å². The lowest BCUT2D eigenvalue weighted by Crippen LogP contribution is -2.32. The van der Waals surface area contributed by atoms with Crippen molar-refractivity contribution < 1.29 is 19.3 Å². The number of hydrogen-bond donors (Lipinski definition) is 1. The molecule has 0 unspecified atom stereocenters. The van der Waals surface area contributed by atoms with Gasteiger partial charge in [-0.1, -0.05) is 11.8 Å². The molecule has 0 bridgehead atoms. The average molecular weight is 362 g/mol. The number of thioether (sulfide) groups is 1. The Labute approximate surface area is 146 Å². The SMILES string of the molecule is O=C(CCCN1C(=O)c2ccc([N+](=O)[O-])cc2C1=O)NC1=NCCS1. The van der Waals surface area contributed by atoms with E-state index in [9.17, 15) is 24.5 Å². The molecule has 0 fully saturated rings. The highest BCUT2D eigenvalue weighted by molar-refractivity contribution is 8.14. The minimum absolute atomic E-state index is 0.0281. The molecule has 1 N–H and O–H groups in total. The van der Waals surface area contributed by atoms with Gasteiger partial charge >= 0.3 is 0 Å². The predicted octanol–water partition coefficient (Wildman–Crippen LogP) is 1.19. The van der Waals surface area contributed by atoms with Gasteiger partial charge in [-0.15, -0.1) is 0 Å². The Morgan fingerprint density at radius 1 is 1.32 bits per heavy atom. The van der Waals surface area contributed by atoms with Gasteiger partial charge in [-0.25, -0.2) is 0 Å². The summed E-state index contributed by atoms with van der Waals surface area (Å²) in [6.45, 7) is 0.759. The molecule has 2 aliphatic heterocycles. The summed E-state index contributed by atoms with van der Waals surface area (Å²) in [5, 5.41) is 14.1. The smallest absolute Gasteiger partial charge is 0.270 e. The number of rotatable bonds is 5. The zero-order chi connectivity index (χ0) is 18.0. The van der Waals surface area contributed by atoms with Crippen LogP contribution < -0.4 is 5.32 Å². The van der Waals surface area contributed by atoms with Gasteiger partial charge in [-0.05, 0) is 12.5 Å². The first kappa shape index (κ1) is 17.1. The summed E-state index contributed by atoms with van der Waals surface area (Å²) < 4.78 is 0. The number of nitrogens with one attached hydrogen (secondary N) is 1. The summed E-state index contributed by atoms with van der Waals surface area (Å²) >= 11 is 1.47. The highest BCUT2D eigenvalue weighted by atomic mass is 32.2. The number of carbonyl (C=O) groups is 3. The standard InChI is InChI=1S/C15H14N4O5S/c20-12(17-15-16-5-7-25-15)2-1-6-18-13(21)10-4-3-9(19(23)24)8-11(10)14(18)22/h3-4,8H,1-2,5-7H2,(H,16,17,20). The van der Waals surface area contributed by atoms with Gasteiger partial charge in [-0.2, -0.15) is 0 Å². The molecule has 130 valence electrons. The van der Waals surface area contributed by atoms with Crippen molar-refractivity contribution in [3.63, 3.8) is 0 Å². The van der Waals surface area contributed by atoms with Crippen molar-refractivity contribution in [3.8, 4) is 0 Å². The number of aliphatic imine (C=N–C) groups is 1. The van der Waals surface area contributed by atoms with Gasteiger partial charge in [0.2, 0.25) is 5.91 Å². The Kier molecular flexibility index (Phi) is 4.79. The summed E-state index contributed by atoms with van der Waals surface area (Å²) in [6.07, 6.45) is 0.449. The van der Waals surface area contributed by atoms with E-state index >= 15 is 0 Å². The number of imide groups is 1. The molecular formula is C15H14N4O5S. The van der Waals surface area contributed by atoms with Crippen molar-refractivity contribution in [2.45, 2.75) is 12.8 Å². The van der Waals surface area contributed by atoms with E-state index in [1.165, 1.54) is 23.9 Å². The number of amides is 3. The van der Waals surface area contributed by atoms with Gasteiger partial charge in [0.1, 0.15) is 0 Å².